The Morgan fingerprint density at radius 2 is 2.24 bits per heavy atom. The predicted octanol–water partition coefficient (Wildman–Crippen LogP) is 1.40. The molecule has 0 amide bonds. The van der Waals surface area contributed by atoms with Crippen LogP contribution < -0.4 is 10.5 Å². The fraction of sp³-hybridized carbons (Fsp3) is 0.417. The van der Waals surface area contributed by atoms with Crippen LogP contribution >= 0.6 is 0 Å². The summed E-state index contributed by atoms with van der Waals surface area (Å²) in [7, 11) is 0. The Morgan fingerprint density at radius 3 is 2.88 bits per heavy atom. The number of benzene rings is 1. The number of carbonyl (C=O) groups excluding carboxylic acids is 1. The molecule has 0 bridgehead atoms. The van der Waals surface area contributed by atoms with E-state index in [-0.39, 0.29) is 19.0 Å². The largest absolute Gasteiger partial charge is 0.488 e. The number of esters is 1. The van der Waals surface area contributed by atoms with Crippen LogP contribution in [0.4, 0.5) is 4.39 Å². The van der Waals surface area contributed by atoms with Gasteiger partial charge in [-0.15, -0.1) is 0 Å². The Labute approximate surface area is 99.5 Å². The highest BCUT2D eigenvalue weighted by Crippen LogP contribution is 2.19. The first kappa shape index (κ1) is 13.4. The maximum Gasteiger partial charge on any atom is 0.326 e. The molecule has 0 spiro atoms. The van der Waals surface area contributed by atoms with E-state index in [9.17, 15) is 9.18 Å². The standard InChI is InChI=1S/C12H16FNO3/c1-3-16-12(15)9(14)7-17-10-6-4-5-8(2)11(10)13/h4-6,9H,3,7,14H2,1-2H3. The van der Waals surface area contributed by atoms with Gasteiger partial charge in [0.25, 0.3) is 0 Å². The number of hydrogen-bond donors (Lipinski definition) is 1. The lowest BCUT2D eigenvalue weighted by molar-refractivity contribution is -0.145. The molecule has 4 nitrogen and oxygen atoms in total. The second-order valence-electron chi connectivity index (χ2n) is 3.56. The Morgan fingerprint density at radius 1 is 1.53 bits per heavy atom. The van der Waals surface area contributed by atoms with Crippen molar-refractivity contribution in [1.82, 2.24) is 0 Å². The Bertz CT molecular complexity index is 395. The molecule has 1 aromatic rings. The monoisotopic (exact) mass is 241 g/mol. The molecule has 1 unspecified atom stereocenters. The highest BCUT2D eigenvalue weighted by molar-refractivity contribution is 5.75. The molecule has 0 heterocycles. The van der Waals surface area contributed by atoms with Crippen molar-refractivity contribution in [3.8, 4) is 5.75 Å². The minimum atomic E-state index is -0.908. The smallest absolute Gasteiger partial charge is 0.326 e. The summed E-state index contributed by atoms with van der Waals surface area (Å²) in [6.07, 6.45) is 0. The Hall–Kier alpha value is -1.62. The van der Waals surface area contributed by atoms with E-state index in [1.165, 1.54) is 6.07 Å². The summed E-state index contributed by atoms with van der Waals surface area (Å²) in [5, 5.41) is 0. The van der Waals surface area contributed by atoms with E-state index in [1.807, 2.05) is 0 Å². The molecule has 94 valence electrons. The molecule has 0 saturated heterocycles. The molecule has 0 saturated carbocycles. The number of rotatable bonds is 5. The lowest BCUT2D eigenvalue weighted by atomic mass is 10.2. The molecule has 2 N–H and O–H groups in total. The Kier molecular flexibility index (Phi) is 4.90. The van der Waals surface area contributed by atoms with Gasteiger partial charge in [0.1, 0.15) is 12.6 Å². The molecule has 0 fully saturated rings. The summed E-state index contributed by atoms with van der Waals surface area (Å²) in [6, 6.07) is 3.88. The average molecular weight is 241 g/mol. The first-order valence-electron chi connectivity index (χ1n) is 5.36. The zero-order chi connectivity index (χ0) is 12.8. The van der Waals surface area contributed by atoms with Crippen molar-refractivity contribution < 1.29 is 18.7 Å². The van der Waals surface area contributed by atoms with Crippen molar-refractivity contribution in [2.24, 2.45) is 5.73 Å². The molecule has 0 aromatic heterocycles. The first-order chi connectivity index (χ1) is 8.06. The van der Waals surface area contributed by atoms with Crippen LogP contribution in [0.2, 0.25) is 0 Å². The van der Waals surface area contributed by atoms with E-state index in [4.69, 9.17) is 15.2 Å². The van der Waals surface area contributed by atoms with Crippen molar-refractivity contribution in [3.05, 3.63) is 29.6 Å². The zero-order valence-corrected chi connectivity index (χ0v) is 9.90. The maximum atomic E-state index is 13.5. The second-order valence-corrected chi connectivity index (χ2v) is 3.56. The van der Waals surface area contributed by atoms with E-state index in [2.05, 4.69) is 0 Å². The van der Waals surface area contributed by atoms with Crippen LogP contribution in [-0.2, 0) is 9.53 Å². The van der Waals surface area contributed by atoms with Crippen molar-refractivity contribution in [2.45, 2.75) is 19.9 Å². The number of hydrogen-bond acceptors (Lipinski definition) is 4. The molecule has 0 radical (unpaired) electrons. The summed E-state index contributed by atoms with van der Waals surface area (Å²) in [5.74, 6) is -0.908. The predicted molar refractivity (Wildman–Crippen MR) is 61.2 cm³/mol. The van der Waals surface area contributed by atoms with Gasteiger partial charge in [0.15, 0.2) is 11.6 Å². The number of halogens is 1. The molecule has 1 rings (SSSR count). The van der Waals surface area contributed by atoms with Crippen LogP contribution in [0.25, 0.3) is 0 Å². The summed E-state index contributed by atoms with van der Waals surface area (Å²) in [6.45, 7) is 3.46. The van der Waals surface area contributed by atoms with E-state index >= 15 is 0 Å². The van der Waals surface area contributed by atoms with Crippen molar-refractivity contribution in [3.63, 3.8) is 0 Å². The third-order valence-electron chi connectivity index (χ3n) is 2.16. The molecule has 0 aliphatic heterocycles. The molecular formula is C12H16FNO3. The second kappa shape index (κ2) is 6.20. The van der Waals surface area contributed by atoms with Crippen molar-refractivity contribution >= 4 is 5.97 Å². The number of nitrogens with two attached hydrogens (primary N) is 1. The van der Waals surface area contributed by atoms with Crippen LogP contribution in [-0.4, -0.2) is 25.2 Å². The average Bonchev–Trinajstić information content (AvgIpc) is 2.31. The van der Waals surface area contributed by atoms with E-state index in [0.29, 0.717) is 5.56 Å². The Balaban J connectivity index is 2.56. The van der Waals surface area contributed by atoms with Gasteiger partial charge in [0, 0.05) is 0 Å². The lowest BCUT2D eigenvalue weighted by Gasteiger charge is -2.13. The molecule has 0 aliphatic carbocycles. The van der Waals surface area contributed by atoms with Crippen LogP contribution in [0.3, 0.4) is 0 Å². The summed E-state index contributed by atoms with van der Waals surface area (Å²) in [5.41, 5.74) is 6.00. The van der Waals surface area contributed by atoms with Gasteiger partial charge < -0.3 is 15.2 Å². The van der Waals surface area contributed by atoms with Gasteiger partial charge in [-0.2, -0.15) is 0 Å². The van der Waals surface area contributed by atoms with Gasteiger partial charge in [-0.05, 0) is 25.5 Å². The van der Waals surface area contributed by atoms with Gasteiger partial charge >= 0.3 is 5.97 Å². The summed E-state index contributed by atoms with van der Waals surface area (Å²) < 4.78 is 23.4. The van der Waals surface area contributed by atoms with Crippen molar-refractivity contribution in [1.29, 1.82) is 0 Å². The van der Waals surface area contributed by atoms with Gasteiger partial charge in [0.2, 0.25) is 0 Å². The molecule has 0 aliphatic rings. The SMILES string of the molecule is CCOC(=O)C(N)COc1cccc(C)c1F. The number of ether oxygens (including phenoxy) is 2. The molecular weight excluding hydrogens is 225 g/mol. The number of aryl methyl sites for hydroxylation is 1. The molecule has 1 atom stereocenters. The first-order valence-corrected chi connectivity index (χ1v) is 5.36. The fourth-order valence-electron chi connectivity index (χ4n) is 1.23. The zero-order valence-electron chi connectivity index (χ0n) is 9.90. The number of carbonyl (C=O) groups is 1. The van der Waals surface area contributed by atoms with Gasteiger partial charge in [-0.25, -0.2) is 4.39 Å². The van der Waals surface area contributed by atoms with Gasteiger partial charge in [-0.3, -0.25) is 4.79 Å². The third kappa shape index (κ3) is 3.71. The van der Waals surface area contributed by atoms with Crippen LogP contribution in [0.1, 0.15) is 12.5 Å². The highest BCUT2D eigenvalue weighted by Gasteiger charge is 2.16. The third-order valence-corrected chi connectivity index (χ3v) is 2.16. The van der Waals surface area contributed by atoms with Crippen LogP contribution in [0.5, 0.6) is 5.75 Å². The molecule has 5 heteroatoms. The summed E-state index contributed by atoms with van der Waals surface area (Å²) >= 11 is 0. The van der Waals surface area contributed by atoms with E-state index in [1.54, 1.807) is 26.0 Å². The minimum absolute atomic E-state index is 0.0877. The molecule has 1 aromatic carbocycles. The molecule has 17 heavy (non-hydrogen) atoms. The fourth-order valence-corrected chi connectivity index (χ4v) is 1.23. The normalized spacial score (nSPS) is 12.0. The van der Waals surface area contributed by atoms with Gasteiger partial charge in [-0.1, -0.05) is 12.1 Å². The van der Waals surface area contributed by atoms with Gasteiger partial charge in [0.05, 0.1) is 6.61 Å². The lowest BCUT2D eigenvalue weighted by Crippen LogP contribution is -2.37. The van der Waals surface area contributed by atoms with E-state index in [0.717, 1.165) is 0 Å². The highest BCUT2D eigenvalue weighted by atomic mass is 19.1. The van der Waals surface area contributed by atoms with Crippen LogP contribution in [0.15, 0.2) is 18.2 Å². The van der Waals surface area contributed by atoms with Crippen molar-refractivity contribution in [2.75, 3.05) is 13.2 Å². The van der Waals surface area contributed by atoms with E-state index < -0.39 is 17.8 Å². The minimum Gasteiger partial charge on any atom is -0.488 e. The summed E-state index contributed by atoms with van der Waals surface area (Å²) in [4.78, 5) is 11.2. The quantitative estimate of drug-likeness (QED) is 0.792. The van der Waals surface area contributed by atoms with Crippen LogP contribution in [0, 0.1) is 12.7 Å². The maximum absolute atomic E-state index is 13.5. The topological polar surface area (TPSA) is 61.5 Å².